The molecule has 1 aromatic rings. The molecule has 0 heterocycles. The number of nitrogens with one attached hydrogen (secondary N) is 1. The summed E-state index contributed by atoms with van der Waals surface area (Å²) in [5.41, 5.74) is 1.34. The number of unbranched alkanes of at least 4 members (excludes halogenated alkanes) is 2. The van der Waals surface area contributed by atoms with Crippen LogP contribution in [0.1, 0.15) is 45.1 Å². The first-order valence-electron chi connectivity index (χ1n) is 7.84. The van der Waals surface area contributed by atoms with Gasteiger partial charge in [0.2, 0.25) is 0 Å². The van der Waals surface area contributed by atoms with Crippen LogP contribution in [0.4, 0.5) is 0 Å². The van der Waals surface area contributed by atoms with Crippen LogP contribution in [-0.4, -0.2) is 24.9 Å². The molecule has 1 N–H and O–H groups in total. The molecule has 0 radical (unpaired) electrons. The first-order chi connectivity index (χ1) is 10.3. The predicted octanol–water partition coefficient (Wildman–Crippen LogP) is 4.01. The highest BCUT2D eigenvalue weighted by atomic mass is 32.2. The van der Waals surface area contributed by atoms with Crippen molar-refractivity contribution in [2.45, 2.75) is 51.0 Å². The number of carbonyl (C=O) groups excluding carboxylic acids is 1. The zero-order valence-corrected chi connectivity index (χ0v) is 14.0. The Labute approximate surface area is 132 Å². The van der Waals surface area contributed by atoms with E-state index in [9.17, 15) is 4.79 Å². The third-order valence-electron chi connectivity index (χ3n) is 3.08. The molecule has 0 bridgehead atoms. The standard InChI is InChI=1S/C17H27NO2S/c1-3-18-14-15-9-8-10-16(13-15)21-12-7-5-6-11-17(19)20-4-2/h8-10,13,18H,3-7,11-12,14H2,1-2H3. The van der Waals surface area contributed by atoms with Crippen LogP contribution in [-0.2, 0) is 16.1 Å². The van der Waals surface area contributed by atoms with Crippen molar-refractivity contribution in [2.24, 2.45) is 0 Å². The van der Waals surface area contributed by atoms with E-state index in [1.54, 1.807) is 0 Å². The number of hydrogen-bond donors (Lipinski definition) is 1. The molecule has 0 unspecified atom stereocenters. The van der Waals surface area contributed by atoms with Gasteiger partial charge in [-0.05, 0) is 49.8 Å². The highest BCUT2D eigenvalue weighted by molar-refractivity contribution is 7.99. The maximum absolute atomic E-state index is 11.2. The normalized spacial score (nSPS) is 10.6. The van der Waals surface area contributed by atoms with Crippen molar-refractivity contribution in [3.05, 3.63) is 29.8 Å². The SMILES string of the molecule is CCNCc1cccc(SCCCCCC(=O)OCC)c1. The number of benzene rings is 1. The van der Waals surface area contributed by atoms with Crippen molar-refractivity contribution >= 4 is 17.7 Å². The summed E-state index contributed by atoms with van der Waals surface area (Å²) in [6, 6.07) is 8.70. The summed E-state index contributed by atoms with van der Waals surface area (Å²) in [5.74, 6) is 1.04. The zero-order valence-electron chi connectivity index (χ0n) is 13.2. The molecule has 0 aliphatic rings. The number of carbonyl (C=O) groups is 1. The molecular formula is C17H27NO2S. The van der Waals surface area contributed by atoms with Gasteiger partial charge in [0, 0.05) is 17.9 Å². The minimum Gasteiger partial charge on any atom is -0.466 e. The fraction of sp³-hybridized carbons (Fsp3) is 0.588. The van der Waals surface area contributed by atoms with E-state index in [4.69, 9.17) is 4.74 Å². The molecule has 0 fully saturated rings. The number of rotatable bonds is 11. The second-order valence-corrected chi connectivity index (χ2v) is 6.06. The van der Waals surface area contributed by atoms with Crippen LogP contribution < -0.4 is 5.32 Å². The fourth-order valence-electron chi connectivity index (χ4n) is 1.99. The third-order valence-corrected chi connectivity index (χ3v) is 4.16. The molecule has 4 heteroatoms. The monoisotopic (exact) mass is 309 g/mol. The van der Waals surface area contributed by atoms with Crippen molar-refractivity contribution in [2.75, 3.05) is 18.9 Å². The van der Waals surface area contributed by atoms with Crippen LogP contribution >= 0.6 is 11.8 Å². The molecule has 0 aromatic heterocycles. The average Bonchev–Trinajstić information content (AvgIpc) is 2.49. The van der Waals surface area contributed by atoms with Gasteiger partial charge in [-0.1, -0.05) is 25.5 Å². The molecule has 21 heavy (non-hydrogen) atoms. The van der Waals surface area contributed by atoms with Crippen LogP contribution in [0.2, 0.25) is 0 Å². The second-order valence-electron chi connectivity index (χ2n) is 4.89. The van der Waals surface area contributed by atoms with Crippen molar-refractivity contribution in [1.82, 2.24) is 5.32 Å². The Morgan fingerprint density at radius 3 is 2.86 bits per heavy atom. The maximum Gasteiger partial charge on any atom is 0.305 e. The Morgan fingerprint density at radius 2 is 2.10 bits per heavy atom. The summed E-state index contributed by atoms with van der Waals surface area (Å²) in [4.78, 5) is 12.5. The number of hydrogen-bond acceptors (Lipinski definition) is 4. The molecule has 1 rings (SSSR count). The molecule has 0 amide bonds. The van der Waals surface area contributed by atoms with Crippen molar-refractivity contribution in [3.8, 4) is 0 Å². The van der Waals surface area contributed by atoms with Gasteiger partial charge in [0.15, 0.2) is 0 Å². The smallest absolute Gasteiger partial charge is 0.305 e. The molecule has 118 valence electrons. The van der Waals surface area contributed by atoms with Gasteiger partial charge in [-0.3, -0.25) is 4.79 Å². The Hall–Kier alpha value is -1.00. The highest BCUT2D eigenvalue weighted by Gasteiger charge is 2.01. The van der Waals surface area contributed by atoms with Crippen LogP contribution in [0.25, 0.3) is 0 Å². The molecule has 1 aromatic carbocycles. The summed E-state index contributed by atoms with van der Waals surface area (Å²) < 4.78 is 4.91. The van der Waals surface area contributed by atoms with E-state index in [0.717, 1.165) is 38.1 Å². The molecule has 0 aliphatic carbocycles. The van der Waals surface area contributed by atoms with Crippen molar-refractivity contribution < 1.29 is 9.53 Å². The second kappa shape index (κ2) is 11.6. The van der Waals surface area contributed by atoms with Gasteiger partial charge in [0.05, 0.1) is 6.61 Å². The maximum atomic E-state index is 11.2. The number of thioether (sulfide) groups is 1. The first kappa shape index (κ1) is 18.1. The molecule has 0 atom stereocenters. The summed E-state index contributed by atoms with van der Waals surface area (Å²) in [7, 11) is 0. The molecule has 3 nitrogen and oxygen atoms in total. The zero-order chi connectivity index (χ0) is 15.3. The Balaban J connectivity index is 2.13. The lowest BCUT2D eigenvalue weighted by atomic mass is 10.2. The minimum absolute atomic E-state index is 0.0683. The number of ether oxygens (including phenoxy) is 1. The van der Waals surface area contributed by atoms with Gasteiger partial charge in [0.1, 0.15) is 0 Å². The highest BCUT2D eigenvalue weighted by Crippen LogP contribution is 2.21. The van der Waals surface area contributed by atoms with E-state index in [1.807, 2.05) is 18.7 Å². The van der Waals surface area contributed by atoms with Crippen LogP contribution in [0.3, 0.4) is 0 Å². The van der Waals surface area contributed by atoms with E-state index in [0.29, 0.717) is 13.0 Å². The van der Waals surface area contributed by atoms with Gasteiger partial charge in [-0.25, -0.2) is 0 Å². The Morgan fingerprint density at radius 1 is 1.24 bits per heavy atom. The van der Waals surface area contributed by atoms with Crippen molar-refractivity contribution in [3.63, 3.8) is 0 Å². The van der Waals surface area contributed by atoms with E-state index >= 15 is 0 Å². The molecule has 0 spiro atoms. The van der Waals surface area contributed by atoms with Gasteiger partial charge < -0.3 is 10.1 Å². The largest absolute Gasteiger partial charge is 0.466 e. The molecular weight excluding hydrogens is 282 g/mol. The van der Waals surface area contributed by atoms with E-state index in [2.05, 4.69) is 36.5 Å². The Bertz CT molecular complexity index is 410. The summed E-state index contributed by atoms with van der Waals surface area (Å²) in [6.45, 7) is 6.38. The van der Waals surface area contributed by atoms with E-state index in [1.165, 1.54) is 10.5 Å². The summed E-state index contributed by atoms with van der Waals surface area (Å²) >= 11 is 1.89. The lowest BCUT2D eigenvalue weighted by Crippen LogP contribution is -2.11. The minimum atomic E-state index is -0.0683. The summed E-state index contributed by atoms with van der Waals surface area (Å²) in [5, 5.41) is 3.34. The third kappa shape index (κ3) is 8.79. The van der Waals surface area contributed by atoms with Crippen LogP contribution in [0.5, 0.6) is 0 Å². The lowest BCUT2D eigenvalue weighted by molar-refractivity contribution is -0.143. The fourth-order valence-corrected chi connectivity index (χ4v) is 2.98. The Kier molecular flexibility index (Phi) is 10.0. The van der Waals surface area contributed by atoms with Gasteiger partial charge >= 0.3 is 5.97 Å². The summed E-state index contributed by atoms with van der Waals surface area (Å²) in [6.07, 6.45) is 3.71. The molecule has 0 saturated carbocycles. The van der Waals surface area contributed by atoms with Crippen LogP contribution in [0.15, 0.2) is 29.2 Å². The van der Waals surface area contributed by atoms with Gasteiger partial charge in [-0.2, -0.15) is 0 Å². The van der Waals surface area contributed by atoms with E-state index < -0.39 is 0 Å². The van der Waals surface area contributed by atoms with Gasteiger partial charge in [0.25, 0.3) is 0 Å². The lowest BCUT2D eigenvalue weighted by Gasteiger charge is -2.06. The molecule has 0 aliphatic heterocycles. The first-order valence-corrected chi connectivity index (χ1v) is 8.83. The quantitative estimate of drug-likeness (QED) is 0.381. The number of esters is 1. The molecule has 0 saturated heterocycles. The van der Waals surface area contributed by atoms with Crippen molar-refractivity contribution in [1.29, 1.82) is 0 Å². The van der Waals surface area contributed by atoms with E-state index in [-0.39, 0.29) is 5.97 Å². The average molecular weight is 309 g/mol. The van der Waals surface area contributed by atoms with Gasteiger partial charge in [-0.15, -0.1) is 11.8 Å². The van der Waals surface area contributed by atoms with Crippen LogP contribution in [0, 0.1) is 0 Å². The topological polar surface area (TPSA) is 38.3 Å². The predicted molar refractivity (Wildman–Crippen MR) is 89.6 cm³/mol.